The number of methoxy groups -OCH3 is 4. The second-order valence-corrected chi connectivity index (χ2v) is 5.14. The van der Waals surface area contributed by atoms with E-state index in [1.807, 2.05) is 24.3 Å². The first-order valence-corrected chi connectivity index (χ1v) is 7.57. The maximum atomic E-state index is 5.49. The van der Waals surface area contributed by atoms with E-state index in [1.54, 1.807) is 51.5 Å². The predicted octanol–water partition coefficient (Wildman–Crippen LogP) is 2.97. The van der Waals surface area contributed by atoms with Gasteiger partial charge >= 0.3 is 0 Å². The van der Waals surface area contributed by atoms with Gasteiger partial charge in [0.05, 0.1) is 40.3 Å². The van der Waals surface area contributed by atoms with Crippen LogP contribution in [0.25, 0.3) is 16.9 Å². The summed E-state index contributed by atoms with van der Waals surface area (Å²) in [5, 5.41) is 8.25. The summed E-state index contributed by atoms with van der Waals surface area (Å²) in [5.74, 6) is 2.54. The van der Waals surface area contributed by atoms with Crippen molar-refractivity contribution in [2.45, 2.75) is 0 Å². The molecule has 0 spiro atoms. The number of hydrogen-bond acceptors (Lipinski definition) is 6. The summed E-state index contributed by atoms with van der Waals surface area (Å²) in [6.45, 7) is 0. The molecule has 1 heterocycles. The smallest absolute Gasteiger partial charge is 0.164 e. The fraction of sp³-hybridized carbons (Fsp3) is 0.222. The van der Waals surface area contributed by atoms with E-state index in [0.29, 0.717) is 22.9 Å². The van der Waals surface area contributed by atoms with Crippen molar-refractivity contribution < 1.29 is 18.9 Å². The molecular formula is C18H19N3O4. The molecular weight excluding hydrogens is 322 g/mol. The maximum Gasteiger partial charge on any atom is 0.164 e. The lowest BCUT2D eigenvalue weighted by molar-refractivity contribution is 0.348. The van der Waals surface area contributed by atoms with E-state index in [4.69, 9.17) is 18.9 Å². The predicted molar refractivity (Wildman–Crippen MR) is 93.0 cm³/mol. The molecule has 0 aliphatic rings. The molecule has 0 radical (unpaired) electrons. The highest BCUT2D eigenvalue weighted by atomic mass is 16.5. The molecule has 0 N–H and O–H groups in total. The van der Waals surface area contributed by atoms with Crippen LogP contribution in [0.4, 0.5) is 0 Å². The maximum absolute atomic E-state index is 5.49. The van der Waals surface area contributed by atoms with Crippen molar-refractivity contribution in [1.29, 1.82) is 0 Å². The van der Waals surface area contributed by atoms with Crippen LogP contribution in [0.1, 0.15) is 0 Å². The summed E-state index contributed by atoms with van der Waals surface area (Å²) in [6, 6.07) is 11.2. The van der Waals surface area contributed by atoms with Crippen molar-refractivity contribution >= 4 is 0 Å². The Morgan fingerprint density at radius 2 is 1.40 bits per heavy atom. The number of nitrogens with zero attached hydrogens (tertiary/aromatic N) is 3. The number of rotatable bonds is 6. The quantitative estimate of drug-likeness (QED) is 0.687. The second-order valence-electron chi connectivity index (χ2n) is 5.14. The first-order valence-electron chi connectivity index (χ1n) is 7.57. The van der Waals surface area contributed by atoms with Crippen molar-refractivity contribution in [2.24, 2.45) is 0 Å². The normalized spacial score (nSPS) is 10.4. The number of benzene rings is 2. The summed E-state index contributed by atoms with van der Waals surface area (Å²) in [4.78, 5) is 0. The van der Waals surface area contributed by atoms with E-state index in [9.17, 15) is 0 Å². The second kappa shape index (κ2) is 7.12. The molecule has 3 aromatic rings. The third-order valence-electron chi connectivity index (χ3n) is 3.85. The van der Waals surface area contributed by atoms with Gasteiger partial charge in [-0.3, -0.25) is 0 Å². The van der Waals surface area contributed by atoms with Crippen molar-refractivity contribution in [3.63, 3.8) is 0 Å². The Labute approximate surface area is 145 Å². The van der Waals surface area contributed by atoms with E-state index in [2.05, 4.69) is 10.3 Å². The molecule has 0 fully saturated rings. The largest absolute Gasteiger partial charge is 0.497 e. The molecule has 0 aliphatic carbocycles. The Kier molecular flexibility index (Phi) is 4.74. The van der Waals surface area contributed by atoms with Gasteiger partial charge in [-0.25, -0.2) is 4.68 Å². The van der Waals surface area contributed by atoms with Crippen LogP contribution in [0.5, 0.6) is 23.0 Å². The first-order chi connectivity index (χ1) is 12.2. The van der Waals surface area contributed by atoms with Crippen LogP contribution in [0.15, 0.2) is 42.6 Å². The van der Waals surface area contributed by atoms with Gasteiger partial charge in [-0.15, -0.1) is 5.10 Å². The van der Waals surface area contributed by atoms with Crippen LogP contribution in [0.3, 0.4) is 0 Å². The van der Waals surface area contributed by atoms with Crippen LogP contribution in [0, 0.1) is 0 Å². The zero-order chi connectivity index (χ0) is 17.8. The van der Waals surface area contributed by atoms with Crippen LogP contribution >= 0.6 is 0 Å². The summed E-state index contributed by atoms with van der Waals surface area (Å²) < 4.78 is 23.1. The molecule has 3 rings (SSSR count). The molecule has 7 heteroatoms. The van der Waals surface area contributed by atoms with Gasteiger partial charge in [-0.1, -0.05) is 5.21 Å². The molecule has 2 aromatic carbocycles. The number of aromatic nitrogens is 3. The summed E-state index contributed by atoms with van der Waals surface area (Å²) in [6.07, 6.45) is 1.69. The first kappa shape index (κ1) is 16.6. The van der Waals surface area contributed by atoms with Gasteiger partial charge in [-0.2, -0.15) is 0 Å². The van der Waals surface area contributed by atoms with Crippen LogP contribution in [-0.2, 0) is 0 Å². The molecule has 0 saturated carbocycles. The highest BCUT2D eigenvalue weighted by molar-refractivity contribution is 5.65. The lowest BCUT2D eigenvalue weighted by Crippen LogP contribution is -2.04. The minimum absolute atomic E-state index is 0.578. The van der Waals surface area contributed by atoms with Gasteiger partial charge in [0.25, 0.3) is 0 Å². The Morgan fingerprint density at radius 3 is 2.00 bits per heavy atom. The standard InChI is InChI=1S/C18H19N3O4/c1-22-13-7-5-12(6-8-13)15-11-19-20-21(15)14-9-17(24-3)18(25-4)10-16(14)23-2/h5-11H,1-4H3. The zero-order valence-corrected chi connectivity index (χ0v) is 14.5. The molecule has 1 aromatic heterocycles. The van der Waals surface area contributed by atoms with Crippen molar-refractivity contribution in [3.8, 4) is 39.9 Å². The zero-order valence-electron chi connectivity index (χ0n) is 14.5. The highest BCUT2D eigenvalue weighted by Crippen LogP contribution is 2.37. The Morgan fingerprint density at radius 1 is 0.760 bits per heavy atom. The fourth-order valence-corrected chi connectivity index (χ4v) is 2.55. The molecule has 0 atom stereocenters. The van der Waals surface area contributed by atoms with Crippen LogP contribution in [-0.4, -0.2) is 43.4 Å². The molecule has 0 aliphatic heterocycles. The minimum atomic E-state index is 0.578. The van der Waals surface area contributed by atoms with Crippen molar-refractivity contribution in [3.05, 3.63) is 42.6 Å². The SMILES string of the molecule is COc1ccc(-c2cnnn2-c2cc(OC)c(OC)cc2OC)cc1. The van der Waals surface area contributed by atoms with Gasteiger partial charge < -0.3 is 18.9 Å². The van der Waals surface area contributed by atoms with E-state index in [-0.39, 0.29) is 0 Å². The molecule has 25 heavy (non-hydrogen) atoms. The van der Waals surface area contributed by atoms with E-state index >= 15 is 0 Å². The van der Waals surface area contributed by atoms with Gasteiger partial charge in [0.1, 0.15) is 17.2 Å². The van der Waals surface area contributed by atoms with E-state index in [1.165, 1.54) is 0 Å². The Bertz CT molecular complexity index is 859. The fourth-order valence-electron chi connectivity index (χ4n) is 2.55. The number of ether oxygens (including phenoxy) is 4. The van der Waals surface area contributed by atoms with E-state index in [0.717, 1.165) is 17.0 Å². The summed E-state index contributed by atoms with van der Waals surface area (Å²) >= 11 is 0. The monoisotopic (exact) mass is 341 g/mol. The topological polar surface area (TPSA) is 67.6 Å². The van der Waals surface area contributed by atoms with Gasteiger partial charge in [0.2, 0.25) is 0 Å². The molecule has 0 saturated heterocycles. The third-order valence-corrected chi connectivity index (χ3v) is 3.85. The molecule has 0 amide bonds. The van der Waals surface area contributed by atoms with E-state index < -0.39 is 0 Å². The van der Waals surface area contributed by atoms with Crippen LogP contribution < -0.4 is 18.9 Å². The number of hydrogen-bond donors (Lipinski definition) is 0. The van der Waals surface area contributed by atoms with Gasteiger partial charge in [0.15, 0.2) is 11.5 Å². The molecule has 0 bridgehead atoms. The summed E-state index contributed by atoms with van der Waals surface area (Å²) in [7, 11) is 6.39. The van der Waals surface area contributed by atoms with Gasteiger partial charge in [0, 0.05) is 17.7 Å². The lowest BCUT2D eigenvalue weighted by atomic mass is 10.1. The van der Waals surface area contributed by atoms with Crippen molar-refractivity contribution in [2.75, 3.05) is 28.4 Å². The Hall–Kier alpha value is -3.22. The molecule has 130 valence electrons. The molecule has 0 unspecified atom stereocenters. The summed E-state index contributed by atoms with van der Waals surface area (Å²) in [5.41, 5.74) is 2.46. The lowest BCUT2D eigenvalue weighted by Gasteiger charge is -2.15. The minimum Gasteiger partial charge on any atom is -0.497 e. The Balaban J connectivity index is 2.13. The average molecular weight is 341 g/mol. The van der Waals surface area contributed by atoms with Gasteiger partial charge in [-0.05, 0) is 24.3 Å². The third kappa shape index (κ3) is 3.08. The van der Waals surface area contributed by atoms with Crippen LogP contribution in [0.2, 0.25) is 0 Å². The van der Waals surface area contributed by atoms with Crippen molar-refractivity contribution in [1.82, 2.24) is 15.0 Å². The average Bonchev–Trinajstić information content (AvgIpc) is 3.16. The highest BCUT2D eigenvalue weighted by Gasteiger charge is 2.17. The molecule has 7 nitrogen and oxygen atoms in total.